The molecule has 8 nitrogen and oxygen atoms in total. The van der Waals surface area contributed by atoms with Crippen molar-refractivity contribution in [2.24, 2.45) is 4.99 Å². The molecule has 0 bridgehead atoms. The van der Waals surface area contributed by atoms with Gasteiger partial charge in [0, 0.05) is 20.6 Å². The number of guanidine groups is 1. The molecule has 5 rings (SSSR count). The first-order valence-electron chi connectivity index (χ1n) is 10.1. The van der Waals surface area contributed by atoms with Gasteiger partial charge in [0.2, 0.25) is 0 Å². The topological polar surface area (TPSA) is 81.4 Å². The number of rotatable bonds is 4. The lowest BCUT2D eigenvalue weighted by molar-refractivity contribution is -0.136. The van der Waals surface area contributed by atoms with Crippen LogP contribution in [0.5, 0.6) is 0 Å². The van der Waals surface area contributed by atoms with Crippen molar-refractivity contribution in [1.82, 2.24) is 20.0 Å². The predicted molar refractivity (Wildman–Crippen MR) is 116 cm³/mol. The molecule has 2 aliphatic heterocycles. The highest BCUT2D eigenvalue weighted by atomic mass is 16.3. The summed E-state index contributed by atoms with van der Waals surface area (Å²) in [7, 11) is 3.21. The van der Waals surface area contributed by atoms with E-state index in [2.05, 4.69) is 40.6 Å². The summed E-state index contributed by atoms with van der Waals surface area (Å²) in [5.41, 5.74) is 1.06. The van der Waals surface area contributed by atoms with Crippen LogP contribution in [0.1, 0.15) is 11.3 Å². The SMILES string of the molecule is CN1C(=O)C2C(NC(=NCc3ccco3)N2Cc2ccc3ccccc3c2)N(C)C1=O. The summed E-state index contributed by atoms with van der Waals surface area (Å²) in [5.74, 6) is 1.05. The van der Waals surface area contributed by atoms with Crippen molar-refractivity contribution in [3.63, 3.8) is 0 Å². The van der Waals surface area contributed by atoms with Gasteiger partial charge in [0.1, 0.15) is 18.5 Å². The Hall–Kier alpha value is -3.81. The number of carbonyl (C=O) groups is 2. The van der Waals surface area contributed by atoms with Crippen LogP contribution in [0.2, 0.25) is 0 Å². The zero-order chi connectivity index (χ0) is 21.5. The number of fused-ring (bicyclic) bond motifs is 2. The molecule has 3 heterocycles. The number of amides is 3. The summed E-state index contributed by atoms with van der Waals surface area (Å²) in [4.78, 5) is 34.9. The van der Waals surface area contributed by atoms with Gasteiger partial charge in [0.15, 0.2) is 12.0 Å². The van der Waals surface area contributed by atoms with E-state index in [1.165, 1.54) is 11.9 Å². The van der Waals surface area contributed by atoms with E-state index in [0.29, 0.717) is 19.0 Å². The van der Waals surface area contributed by atoms with Crippen molar-refractivity contribution < 1.29 is 14.0 Å². The van der Waals surface area contributed by atoms with Gasteiger partial charge >= 0.3 is 6.03 Å². The Morgan fingerprint density at radius 3 is 2.61 bits per heavy atom. The lowest BCUT2D eigenvalue weighted by atomic mass is 10.1. The molecule has 0 spiro atoms. The van der Waals surface area contributed by atoms with E-state index < -0.39 is 12.2 Å². The van der Waals surface area contributed by atoms with Gasteiger partial charge in [-0.05, 0) is 34.5 Å². The van der Waals surface area contributed by atoms with Crippen LogP contribution in [0.25, 0.3) is 10.8 Å². The molecule has 2 fully saturated rings. The monoisotopic (exact) mass is 417 g/mol. The van der Waals surface area contributed by atoms with Crippen LogP contribution in [0.15, 0.2) is 70.3 Å². The highest BCUT2D eigenvalue weighted by Gasteiger charge is 2.52. The number of aliphatic imine (C=N–C) groups is 1. The Labute approximate surface area is 179 Å². The summed E-state index contributed by atoms with van der Waals surface area (Å²) in [6.45, 7) is 0.822. The number of likely N-dealkylation sites (N-methyl/N-ethyl adjacent to an activating group) is 2. The average Bonchev–Trinajstić information content (AvgIpc) is 3.43. The van der Waals surface area contributed by atoms with Gasteiger partial charge in [0.25, 0.3) is 5.91 Å². The highest BCUT2D eigenvalue weighted by molar-refractivity contribution is 6.04. The van der Waals surface area contributed by atoms with E-state index in [4.69, 9.17) is 4.42 Å². The molecule has 1 N–H and O–H groups in total. The number of carbonyl (C=O) groups excluding carboxylic acids is 2. The summed E-state index contributed by atoms with van der Waals surface area (Å²) >= 11 is 0. The van der Waals surface area contributed by atoms with Crippen LogP contribution in [0.4, 0.5) is 4.79 Å². The summed E-state index contributed by atoms with van der Waals surface area (Å²) in [6, 6.07) is 17.2. The second kappa shape index (κ2) is 7.46. The first kappa shape index (κ1) is 19.2. The van der Waals surface area contributed by atoms with E-state index in [1.54, 1.807) is 18.2 Å². The van der Waals surface area contributed by atoms with Crippen LogP contribution in [0, 0.1) is 0 Å². The Morgan fingerprint density at radius 1 is 1.03 bits per heavy atom. The largest absolute Gasteiger partial charge is 0.467 e. The summed E-state index contributed by atoms with van der Waals surface area (Å²) in [6.07, 6.45) is 1.13. The molecular weight excluding hydrogens is 394 g/mol. The van der Waals surface area contributed by atoms with Crippen LogP contribution in [-0.4, -0.2) is 58.9 Å². The molecule has 0 aliphatic carbocycles. The summed E-state index contributed by atoms with van der Waals surface area (Å²) < 4.78 is 5.40. The average molecular weight is 417 g/mol. The van der Waals surface area contributed by atoms with Gasteiger partial charge in [-0.15, -0.1) is 0 Å². The fourth-order valence-corrected chi connectivity index (χ4v) is 4.22. The minimum Gasteiger partial charge on any atom is -0.467 e. The number of furan rings is 1. The molecule has 1 aromatic heterocycles. The van der Waals surface area contributed by atoms with E-state index in [9.17, 15) is 9.59 Å². The van der Waals surface area contributed by atoms with Crippen molar-refractivity contribution >= 4 is 28.7 Å². The zero-order valence-corrected chi connectivity index (χ0v) is 17.4. The van der Waals surface area contributed by atoms with Crippen molar-refractivity contribution in [2.45, 2.75) is 25.3 Å². The van der Waals surface area contributed by atoms with Gasteiger partial charge in [-0.3, -0.25) is 9.69 Å². The molecule has 2 unspecified atom stereocenters. The molecule has 2 aromatic carbocycles. The molecule has 3 amide bonds. The minimum atomic E-state index is -0.561. The third-order valence-electron chi connectivity index (χ3n) is 5.90. The smallest absolute Gasteiger partial charge is 0.327 e. The summed E-state index contributed by atoms with van der Waals surface area (Å²) in [5, 5.41) is 5.58. The second-order valence-corrected chi connectivity index (χ2v) is 7.85. The molecule has 8 heteroatoms. The predicted octanol–water partition coefficient (Wildman–Crippen LogP) is 2.61. The third-order valence-corrected chi connectivity index (χ3v) is 5.90. The highest BCUT2D eigenvalue weighted by Crippen LogP contribution is 2.27. The Morgan fingerprint density at radius 2 is 1.84 bits per heavy atom. The zero-order valence-electron chi connectivity index (χ0n) is 17.4. The van der Waals surface area contributed by atoms with Crippen LogP contribution >= 0.6 is 0 Å². The number of benzene rings is 2. The van der Waals surface area contributed by atoms with Crippen LogP contribution < -0.4 is 5.32 Å². The maximum atomic E-state index is 13.1. The fraction of sp³-hybridized carbons (Fsp3) is 0.261. The molecule has 31 heavy (non-hydrogen) atoms. The van der Waals surface area contributed by atoms with Gasteiger partial charge in [-0.2, -0.15) is 0 Å². The van der Waals surface area contributed by atoms with Crippen LogP contribution in [0.3, 0.4) is 0 Å². The van der Waals surface area contributed by atoms with E-state index in [1.807, 2.05) is 29.2 Å². The first-order chi connectivity index (χ1) is 15.0. The van der Waals surface area contributed by atoms with Gasteiger partial charge in [-0.25, -0.2) is 9.79 Å². The van der Waals surface area contributed by atoms with Gasteiger partial charge in [0.05, 0.1) is 6.26 Å². The second-order valence-electron chi connectivity index (χ2n) is 7.85. The lowest BCUT2D eigenvalue weighted by Crippen LogP contribution is -2.65. The maximum Gasteiger partial charge on any atom is 0.327 e. The van der Waals surface area contributed by atoms with Crippen LogP contribution in [-0.2, 0) is 17.9 Å². The quantitative estimate of drug-likeness (QED) is 0.706. The molecule has 0 saturated carbocycles. The Bertz CT molecular complexity index is 1170. The normalized spacial score (nSPS) is 22.4. The molecule has 0 radical (unpaired) electrons. The number of nitrogens with one attached hydrogen (secondary N) is 1. The molecule has 2 saturated heterocycles. The minimum absolute atomic E-state index is 0.246. The fourth-order valence-electron chi connectivity index (χ4n) is 4.22. The van der Waals surface area contributed by atoms with Gasteiger partial charge in [-0.1, -0.05) is 36.4 Å². The van der Waals surface area contributed by atoms with Crippen molar-refractivity contribution in [1.29, 1.82) is 0 Å². The molecule has 2 aliphatic rings. The van der Waals surface area contributed by atoms with Crippen molar-refractivity contribution in [3.8, 4) is 0 Å². The number of nitrogens with zero attached hydrogens (tertiary/aromatic N) is 4. The van der Waals surface area contributed by atoms with Gasteiger partial charge < -0.3 is 19.5 Å². The first-order valence-corrected chi connectivity index (χ1v) is 10.1. The molecule has 2 atom stereocenters. The maximum absolute atomic E-state index is 13.1. The Kier molecular flexibility index (Phi) is 4.62. The molecular formula is C23H23N5O3. The van der Waals surface area contributed by atoms with Crippen molar-refractivity contribution in [2.75, 3.05) is 14.1 Å². The van der Waals surface area contributed by atoms with Crippen molar-refractivity contribution in [3.05, 3.63) is 72.2 Å². The number of hydrogen-bond donors (Lipinski definition) is 1. The lowest BCUT2D eigenvalue weighted by Gasteiger charge is -2.39. The Balaban J connectivity index is 1.51. The van der Waals surface area contributed by atoms with E-state index in [0.717, 1.165) is 22.1 Å². The van der Waals surface area contributed by atoms with E-state index >= 15 is 0 Å². The van der Waals surface area contributed by atoms with E-state index in [-0.39, 0.29) is 11.9 Å². The molecule has 3 aromatic rings. The number of imide groups is 1. The molecule has 158 valence electrons. The third kappa shape index (κ3) is 3.30. The number of urea groups is 1. The standard InChI is InChI=1S/C23H23N5O3/c1-26-20-19(21(29)27(2)23(26)30)28(22(25-20)24-13-18-8-5-11-31-18)14-15-9-10-16-6-3-4-7-17(16)12-15/h3-12,19-20H,13-14H2,1-2H3,(H,24,25). The number of hydrogen-bond acceptors (Lipinski definition) is 4.